The second-order valence-corrected chi connectivity index (χ2v) is 5.31. The van der Waals surface area contributed by atoms with Gasteiger partial charge in [0.2, 0.25) is 11.9 Å². The number of carbonyl (C=O) groups is 1. The highest BCUT2D eigenvalue weighted by molar-refractivity contribution is 9.10. The Balaban J connectivity index is 2.18. The van der Waals surface area contributed by atoms with Crippen molar-refractivity contribution >= 4 is 34.1 Å². The van der Waals surface area contributed by atoms with Crippen LogP contribution in [0.2, 0.25) is 0 Å². The molecule has 0 atom stereocenters. The second-order valence-electron chi connectivity index (χ2n) is 4.39. The Morgan fingerprint density at radius 3 is 2.76 bits per heavy atom. The highest BCUT2D eigenvalue weighted by Gasteiger charge is 2.09. The van der Waals surface area contributed by atoms with Crippen LogP contribution in [0, 0.1) is 0 Å². The van der Waals surface area contributed by atoms with Gasteiger partial charge in [0.25, 0.3) is 0 Å². The number of aromatic nitrogens is 3. The zero-order valence-electron chi connectivity index (χ0n) is 11.6. The third-order valence-corrected chi connectivity index (χ3v) is 3.04. The molecule has 0 fully saturated rings. The van der Waals surface area contributed by atoms with Crippen LogP contribution in [0.15, 0.2) is 22.7 Å². The van der Waals surface area contributed by atoms with E-state index in [9.17, 15) is 4.79 Å². The predicted molar refractivity (Wildman–Crippen MR) is 82.4 cm³/mol. The van der Waals surface area contributed by atoms with Crippen molar-refractivity contribution in [3.8, 4) is 5.75 Å². The highest BCUT2D eigenvalue weighted by atomic mass is 79.9. The van der Waals surface area contributed by atoms with E-state index in [0.717, 1.165) is 10.8 Å². The van der Waals surface area contributed by atoms with E-state index >= 15 is 0 Å². The maximum atomic E-state index is 11.0. The molecule has 0 aliphatic rings. The van der Waals surface area contributed by atoms with Gasteiger partial charge in [-0.3, -0.25) is 4.79 Å². The zero-order valence-corrected chi connectivity index (χ0v) is 13.2. The van der Waals surface area contributed by atoms with E-state index in [-0.39, 0.29) is 12.6 Å². The van der Waals surface area contributed by atoms with Crippen LogP contribution in [0.5, 0.6) is 5.75 Å². The minimum atomic E-state index is 0.0933. The number of nitrogens with two attached hydrogens (primary N) is 1. The lowest BCUT2D eigenvalue weighted by atomic mass is 10.2. The van der Waals surface area contributed by atoms with Crippen molar-refractivity contribution < 1.29 is 9.53 Å². The quantitative estimate of drug-likeness (QED) is 0.818. The summed E-state index contributed by atoms with van der Waals surface area (Å²) in [7, 11) is 3.61. The number of rotatable bonds is 5. The molecule has 0 aliphatic heterocycles. The summed E-state index contributed by atoms with van der Waals surface area (Å²) in [6.07, 6.45) is 0.729. The Morgan fingerprint density at radius 2 is 2.10 bits per heavy atom. The van der Waals surface area contributed by atoms with Gasteiger partial charge >= 0.3 is 0 Å². The van der Waals surface area contributed by atoms with Crippen LogP contribution >= 0.6 is 15.9 Å². The molecule has 2 aromatic rings. The lowest BCUT2D eigenvalue weighted by Gasteiger charge is -2.12. The van der Waals surface area contributed by atoms with Gasteiger partial charge < -0.3 is 15.4 Å². The Kier molecular flexibility index (Phi) is 4.69. The molecule has 0 aliphatic carbocycles. The summed E-state index contributed by atoms with van der Waals surface area (Å²) >= 11 is 3.30. The maximum absolute atomic E-state index is 11.0. The molecular weight excluding hydrogens is 338 g/mol. The lowest BCUT2D eigenvalue weighted by molar-refractivity contribution is 0.111. The smallest absolute Gasteiger partial charge is 0.230 e. The Morgan fingerprint density at radius 1 is 1.33 bits per heavy atom. The van der Waals surface area contributed by atoms with Crippen LogP contribution < -0.4 is 15.4 Å². The zero-order chi connectivity index (χ0) is 15.4. The van der Waals surface area contributed by atoms with Gasteiger partial charge in [0.05, 0.1) is 5.56 Å². The van der Waals surface area contributed by atoms with Crippen molar-refractivity contribution in [1.29, 1.82) is 0 Å². The summed E-state index contributed by atoms with van der Waals surface area (Å²) in [5.74, 6) is 1.43. The minimum absolute atomic E-state index is 0.0933. The summed E-state index contributed by atoms with van der Waals surface area (Å²) in [6.45, 7) is 0.0933. The van der Waals surface area contributed by atoms with Crippen LogP contribution in [-0.4, -0.2) is 35.3 Å². The number of halogens is 1. The molecule has 1 aromatic carbocycles. The maximum Gasteiger partial charge on any atom is 0.230 e. The Bertz CT molecular complexity index is 663. The van der Waals surface area contributed by atoms with E-state index in [1.807, 2.05) is 0 Å². The van der Waals surface area contributed by atoms with Gasteiger partial charge in [0, 0.05) is 18.6 Å². The van der Waals surface area contributed by atoms with Crippen LogP contribution in [0.3, 0.4) is 0 Å². The monoisotopic (exact) mass is 351 g/mol. The number of nitrogen functional groups attached to an aromatic ring is 1. The molecule has 2 rings (SSSR count). The van der Waals surface area contributed by atoms with E-state index < -0.39 is 0 Å². The molecule has 0 spiro atoms. The third-order valence-electron chi connectivity index (χ3n) is 2.54. The number of ether oxygens (including phenoxy) is 1. The van der Waals surface area contributed by atoms with Crippen LogP contribution in [0.4, 0.5) is 11.9 Å². The first-order chi connectivity index (χ1) is 9.99. The SMILES string of the molecule is CN(C)c1nc(N)nc(COc2ccc(Br)cc2C=O)n1. The summed E-state index contributed by atoms with van der Waals surface area (Å²) < 4.78 is 6.38. The van der Waals surface area contributed by atoms with Gasteiger partial charge in [-0.25, -0.2) is 0 Å². The van der Waals surface area contributed by atoms with Gasteiger partial charge in [-0.1, -0.05) is 15.9 Å². The minimum Gasteiger partial charge on any atom is -0.485 e. The number of anilines is 2. The standard InChI is InChI=1S/C13H14BrN5O2/c1-19(2)13-17-11(16-12(15)18-13)7-21-10-4-3-9(14)5-8(10)6-20/h3-6H,7H2,1-2H3,(H2,15,16,17,18). The number of nitrogens with zero attached hydrogens (tertiary/aromatic N) is 4. The van der Waals surface area contributed by atoms with Gasteiger partial charge in [0.1, 0.15) is 12.4 Å². The Hall–Kier alpha value is -2.22. The molecule has 1 aromatic heterocycles. The topological polar surface area (TPSA) is 94.2 Å². The number of carbonyl (C=O) groups excluding carboxylic acids is 1. The third kappa shape index (κ3) is 3.88. The normalized spacial score (nSPS) is 10.2. The predicted octanol–water partition coefficient (Wildman–Crippen LogP) is 1.67. The lowest BCUT2D eigenvalue weighted by Crippen LogP contribution is -2.17. The second kappa shape index (κ2) is 6.49. The number of hydrogen-bond acceptors (Lipinski definition) is 7. The average molecular weight is 352 g/mol. The molecule has 0 saturated heterocycles. The van der Waals surface area contributed by atoms with Gasteiger partial charge in [0.15, 0.2) is 12.1 Å². The first-order valence-electron chi connectivity index (χ1n) is 6.05. The average Bonchev–Trinajstić information content (AvgIpc) is 2.45. The van der Waals surface area contributed by atoms with E-state index in [0.29, 0.717) is 23.1 Å². The fourth-order valence-electron chi connectivity index (χ4n) is 1.57. The molecule has 7 nitrogen and oxygen atoms in total. The molecule has 0 bridgehead atoms. The summed E-state index contributed by atoms with van der Waals surface area (Å²) in [5.41, 5.74) is 6.08. The molecule has 0 amide bonds. The molecule has 0 radical (unpaired) electrons. The largest absolute Gasteiger partial charge is 0.485 e. The molecule has 0 unspecified atom stereocenters. The van der Waals surface area contributed by atoms with Gasteiger partial charge in [-0.05, 0) is 18.2 Å². The van der Waals surface area contributed by atoms with Crippen molar-refractivity contribution in [3.05, 3.63) is 34.1 Å². The first kappa shape index (κ1) is 15.2. The molecule has 8 heteroatoms. The van der Waals surface area contributed by atoms with Gasteiger partial charge in [-0.2, -0.15) is 15.0 Å². The van der Waals surface area contributed by atoms with E-state index in [1.165, 1.54) is 0 Å². The molecule has 21 heavy (non-hydrogen) atoms. The first-order valence-corrected chi connectivity index (χ1v) is 6.84. The number of benzene rings is 1. The fourth-order valence-corrected chi connectivity index (χ4v) is 1.95. The van der Waals surface area contributed by atoms with Crippen molar-refractivity contribution in [3.63, 3.8) is 0 Å². The van der Waals surface area contributed by atoms with E-state index in [1.54, 1.807) is 37.2 Å². The van der Waals surface area contributed by atoms with E-state index in [4.69, 9.17) is 10.5 Å². The van der Waals surface area contributed by atoms with Crippen molar-refractivity contribution in [1.82, 2.24) is 15.0 Å². The van der Waals surface area contributed by atoms with Crippen LogP contribution in [0.25, 0.3) is 0 Å². The summed E-state index contributed by atoms with van der Waals surface area (Å²) in [6, 6.07) is 5.16. The van der Waals surface area contributed by atoms with Crippen LogP contribution in [-0.2, 0) is 6.61 Å². The fraction of sp³-hybridized carbons (Fsp3) is 0.231. The van der Waals surface area contributed by atoms with Gasteiger partial charge in [-0.15, -0.1) is 0 Å². The Labute approximate surface area is 130 Å². The number of aldehydes is 1. The molecule has 2 N–H and O–H groups in total. The molecule has 1 heterocycles. The van der Waals surface area contributed by atoms with Crippen molar-refractivity contribution in [2.75, 3.05) is 24.7 Å². The summed E-state index contributed by atoms with van der Waals surface area (Å²) in [4.78, 5) is 25.0. The van der Waals surface area contributed by atoms with Crippen molar-refractivity contribution in [2.24, 2.45) is 0 Å². The van der Waals surface area contributed by atoms with E-state index in [2.05, 4.69) is 30.9 Å². The highest BCUT2D eigenvalue weighted by Crippen LogP contribution is 2.22. The number of hydrogen-bond donors (Lipinski definition) is 1. The van der Waals surface area contributed by atoms with Crippen LogP contribution in [0.1, 0.15) is 16.2 Å². The summed E-state index contributed by atoms with van der Waals surface area (Å²) in [5, 5.41) is 0. The molecule has 0 saturated carbocycles. The molecule has 110 valence electrons. The molecular formula is C13H14BrN5O2. The van der Waals surface area contributed by atoms with Crippen molar-refractivity contribution in [2.45, 2.75) is 6.61 Å².